The van der Waals surface area contributed by atoms with E-state index >= 15 is 0 Å². The number of aromatic nitrogens is 2. The Morgan fingerprint density at radius 3 is 2.42 bits per heavy atom. The van der Waals surface area contributed by atoms with E-state index in [1.165, 1.54) is 12.1 Å². The van der Waals surface area contributed by atoms with Crippen molar-refractivity contribution in [2.24, 2.45) is 4.99 Å². The van der Waals surface area contributed by atoms with Crippen molar-refractivity contribution in [3.05, 3.63) is 82.4 Å². The van der Waals surface area contributed by atoms with Gasteiger partial charge in [0.1, 0.15) is 5.82 Å². The molecule has 1 aliphatic heterocycles. The molecule has 0 N–H and O–H groups in total. The fourth-order valence-electron chi connectivity index (χ4n) is 3.28. The van der Waals surface area contributed by atoms with Gasteiger partial charge in [0, 0.05) is 16.8 Å². The summed E-state index contributed by atoms with van der Waals surface area (Å²) in [5.74, 6) is 0.729. The standard InChI is InChI=1S/C20H16F3N3/c1-12-13(2)26-17-9-8-15(20(21,22)23)10-16(17)19(24-11-18(26)25-12)14-6-4-3-5-7-14/h3-10H,11H2,1-2H3. The summed E-state index contributed by atoms with van der Waals surface area (Å²) in [6.07, 6.45) is -4.41. The molecule has 0 saturated heterocycles. The van der Waals surface area contributed by atoms with Crippen LogP contribution in [0.15, 0.2) is 53.5 Å². The highest BCUT2D eigenvalue weighted by molar-refractivity contribution is 6.15. The van der Waals surface area contributed by atoms with Crippen molar-refractivity contribution in [3.63, 3.8) is 0 Å². The molecule has 3 nitrogen and oxygen atoms in total. The van der Waals surface area contributed by atoms with E-state index < -0.39 is 11.7 Å². The van der Waals surface area contributed by atoms with Crippen molar-refractivity contribution in [2.45, 2.75) is 26.6 Å². The molecule has 6 heteroatoms. The molecule has 0 unspecified atom stereocenters. The summed E-state index contributed by atoms with van der Waals surface area (Å²) >= 11 is 0. The van der Waals surface area contributed by atoms with E-state index in [4.69, 9.17) is 0 Å². The highest BCUT2D eigenvalue weighted by atomic mass is 19.4. The number of hydrogen-bond acceptors (Lipinski definition) is 2. The minimum atomic E-state index is -4.41. The van der Waals surface area contributed by atoms with Crippen LogP contribution in [0.25, 0.3) is 5.69 Å². The minimum absolute atomic E-state index is 0.314. The van der Waals surface area contributed by atoms with Crippen molar-refractivity contribution in [1.82, 2.24) is 9.55 Å². The van der Waals surface area contributed by atoms with Gasteiger partial charge < -0.3 is 0 Å². The Kier molecular flexibility index (Phi) is 3.72. The monoisotopic (exact) mass is 355 g/mol. The Labute approximate surface area is 148 Å². The number of aryl methyl sites for hydroxylation is 1. The first kappa shape index (κ1) is 16.6. The normalized spacial score (nSPS) is 13.7. The number of alkyl halides is 3. The first-order valence-corrected chi connectivity index (χ1v) is 8.23. The van der Waals surface area contributed by atoms with E-state index in [-0.39, 0.29) is 0 Å². The number of nitrogens with zero attached hydrogens (tertiary/aromatic N) is 3. The molecule has 26 heavy (non-hydrogen) atoms. The SMILES string of the molecule is Cc1nc2n(c1C)-c1ccc(C(F)(F)F)cc1C(c1ccccc1)=NC2. The first-order chi connectivity index (χ1) is 12.4. The molecule has 0 atom stereocenters. The Morgan fingerprint density at radius 2 is 1.73 bits per heavy atom. The maximum Gasteiger partial charge on any atom is 0.416 e. The lowest BCUT2D eigenvalue weighted by Gasteiger charge is -2.16. The Hall–Kier alpha value is -2.89. The smallest absolute Gasteiger partial charge is 0.298 e. The van der Waals surface area contributed by atoms with Gasteiger partial charge in [0.05, 0.1) is 29.2 Å². The molecule has 2 heterocycles. The minimum Gasteiger partial charge on any atom is -0.298 e. The van der Waals surface area contributed by atoms with Gasteiger partial charge in [0.15, 0.2) is 0 Å². The van der Waals surface area contributed by atoms with Crippen LogP contribution in [0.4, 0.5) is 13.2 Å². The zero-order chi connectivity index (χ0) is 18.5. The van der Waals surface area contributed by atoms with E-state index in [9.17, 15) is 13.2 Å². The topological polar surface area (TPSA) is 30.2 Å². The molecule has 0 saturated carbocycles. The van der Waals surface area contributed by atoms with Crippen LogP contribution in [0.5, 0.6) is 0 Å². The quantitative estimate of drug-likeness (QED) is 0.613. The summed E-state index contributed by atoms with van der Waals surface area (Å²) in [6, 6.07) is 13.1. The second-order valence-corrected chi connectivity index (χ2v) is 6.29. The fourth-order valence-corrected chi connectivity index (χ4v) is 3.28. The fraction of sp³-hybridized carbons (Fsp3) is 0.200. The summed E-state index contributed by atoms with van der Waals surface area (Å²) in [4.78, 5) is 9.16. The lowest BCUT2D eigenvalue weighted by molar-refractivity contribution is -0.137. The van der Waals surface area contributed by atoms with E-state index in [1.807, 2.05) is 48.7 Å². The van der Waals surface area contributed by atoms with E-state index in [0.717, 1.165) is 28.8 Å². The largest absolute Gasteiger partial charge is 0.416 e. The van der Waals surface area contributed by atoms with Crippen molar-refractivity contribution < 1.29 is 13.2 Å². The molecule has 1 aliphatic rings. The highest BCUT2D eigenvalue weighted by Gasteiger charge is 2.32. The maximum absolute atomic E-state index is 13.3. The molecule has 4 rings (SSSR count). The molecular formula is C20H16F3N3. The van der Waals surface area contributed by atoms with Gasteiger partial charge in [-0.25, -0.2) is 4.98 Å². The predicted molar refractivity (Wildman–Crippen MR) is 93.8 cm³/mol. The molecule has 0 radical (unpaired) electrons. The third-order valence-corrected chi connectivity index (χ3v) is 4.66. The van der Waals surface area contributed by atoms with Crippen LogP contribution < -0.4 is 0 Å². The van der Waals surface area contributed by atoms with Crippen LogP contribution in [0.1, 0.15) is 33.9 Å². The predicted octanol–water partition coefficient (Wildman–Crippen LogP) is 4.86. The summed E-state index contributed by atoms with van der Waals surface area (Å²) in [6.45, 7) is 4.12. The summed E-state index contributed by atoms with van der Waals surface area (Å²) in [7, 11) is 0. The number of rotatable bonds is 1. The molecule has 0 amide bonds. The lowest BCUT2D eigenvalue weighted by Crippen LogP contribution is -2.12. The van der Waals surface area contributed by atoms with Crippen LogP contribution >= 0.6 is 0 Å². The van der Waals surface area contributed by atoms with Gasteiger partial charge in [-0.05, 0) is 32.0 Å². The van der Waals surface area contributed by atoms with Gasteiger partial charge >= 0.3 is 6.18 Å². The number of fused-ring (bicyclic) bond motifs is 3. The Balaban J connectivity index is 2.02. The maximum atomic E-state index is 13.3. The molecular weight excluding hydrogens is 339 g/mol. The van der Waals surface area contributed by atoms with Gasteiger partial charge in [-0.15, -0.1) is 0 Å². The number of halogens is 3. The second-order valence-electron chi connectivity index (χ2n) is 6.29. The van der Waals surface area contributed by atoms with Crippen molar-refractivity contribution in [1.29, 1.82) is 0 Å². The molecule has 3 aromatic rings. The number of benzene rings is 2. The molecule has 0 bridgehead atoms. The lowest BCUT2D eigenvalue weighted by atomic mass is 9.98. The third-order valence-electron chi connectivity index (χ3n) is 4.66. The third kappa shape index (κ3) is 2.62. The van der Waals surface area contributed by atoms with Gasteiger partial charge in [0.25, 0.3) is 0 Å². The van der Waals surface area contributed by atoms with Crippen molar-refractivity contribution in [2.75, 3.05) is 0 Å². The van der Waals surface area contributed by atoms with E-state index in [1.54, 1.807) is 0 Å². The van der Waals surface area contributed by atoms with Gasteiger partial charge in [-0.3, -0.25) is 9.56 Å². The second kappa shape index (κ2) is 5.83. The zero-order valence-electron chi connectivity index (χ0n) is 14.3. The van der Waals surface area contributed by atoms with Crippen LogP contribution in [0, 0.1) is 13.8 Å². The van der Waals surface area contributed by atoms with Gasteiger partial charge in [-0.1, -0.05) is 30.3 Å². The van der Waals surface area contributed by atoms with Crippen LogP contribution in [-0.2, 0) is 12.7 Å². The van der Waals surface area contributed by atoms with Crippen molar-refractivity contribution in [3.8, 4) is 5.69 Å². The summed E-state index contributed by atoms with van der Waals surface area (Å²) < 4.78 is 41.8. The molecule has 1 aromatic heterocycles. The number of imidazole rings is 1. The highest BCUT2D eigenvalue weighted by Crippen LogP contribution is 2.34. The molecule has 2 aromatic carbocycles. The van der Waals surface area contributed by atoms with Gasteiger partial charge in [-0.2, -0.15) is 13.2 Å². The number of aliphatic imine (C=N–C) groups is 1. The average Bonchev–Trinajstić information content (AvgIpc) is 2.80. The Morgan fingerprint density at radius 1 is 1.00 bits per heavy atom. The first-order valence-electron chi connectivity index (χ1n) is 8.23. The van der Waals surface area contributed by atoms with Crippen LogP contribution in [0.2, 0.25) is 0 Å². The van der Waals surface area contributed by atoms with Crippen molar-refractivity contribution >= 4 is 5.71 Å². The summed E-state index contributed by atoms with van der Waals surface area (Å²) in [5.41, 5.74) is 3.55. The molecule has 0 spiro atoms. The number of hydrogen-bond donors (Lipinski definition) is 0. The average molecular weight is 355 g/mol. The van der Waals surface area contributed by atoms with Crippen LogP contribution in [0.3, 0.4) is 0 Å². The van der Waals surface area contributed by atoms with E-state index in [0.29, 0.717) is 23.5 Å². The van der Waals surface area contributed by atoms with E-state index in [2.05, 4.69) is 9.98 Å². The summed E-state index contributed by atoms with van der Waals surface area (Å²) in [5, 5.41) is 0. The molecule has 132 valence electrons. The molecule has 0 aliphatic carbocycles. The zero-order valence-corrected chi connectivity index (χ0v) is 14.3. The Bertz CT molecular complexity index is 1010. The van der Waals surface area contributed by atoms with Gasteiger partial charge in [0.2, 0.25) is 0 Å². The van der Waals surface area contributed by atoms with Crippen LogP contribution in [-0.4, -0.2) is 15.3 Å². The molecule has 0 fully saturated rings.